The predicted molar refractivity (Wildman–Crippen MR) is 98.5 cm³/mol. The first kappa shape index (κ1) is 17.9. The number of aryl methyl sites for hydroxylation is 2. The van der Waals surface area contributed by atoms with Crippen molar-refractivity contribution < 1.29 is 9.90 Å². The molecule has 1 aliphatic rings. The van der Waals surface area contributed by atoms with Gasteiger partial charge in [-0.2, -0.15) is 0 Å². The second-order valence-corrected chi connectivity index (χ2v) is 7.36. The number of aliphatic hydroxyl groups is 1. The molecule has 1 N–H and O–H groups in total. The van der Waals surface area contributed by atoms with Crippen LogP contribution in [0.15, 0.2) is 18.5 Å². The second kappa shape index (κ2) is 7.14. The Morgan fingerprint density at radius 3 is 2.76 bits per heavy atom. The average molecular weight is 344 g/mol. The summed E-state index contributed by atoms with van der Waals surface area (Å²) in [6, 6.07) is 4.10. The van der Waals surface area contributed by atoms with Gasteiger partial charge in [-0.3, -0.25) is 9.69 Å². The molecule has 0 radical (unpaired) electrons. The van der Waals surface area contributed by atoms with Gasteiger partial charge in [-0.15, -0.1) is 0 Å². The van der Waals surface area contributed by atoms with E-state index in [1.165, 1.54) is 11.1 Å². The number of imidazole rings is 1. The molecule has 6 nitrogen and oxygen atoms in total. The standard InChI is InChI=1S/C19H28N4O2/c1-13-8-16-18(9-14(13)2)23(12-20-16)11-15(24)10-22-7-5-6-17(22)19(25)21(3)4/h8-9,12,15,17,24H,5-7,10-11H2,1-4H3. The summed E-state index contributed by atoms with van der Waals surface area (Å²) in [4.78, 5) is 20.5. The van der Waals surface area contributed by atoms with Crippen LogP contribution >= 0.6 is 0 Å². The van der Waals surface area contributed by atoms with E-state index in [1.54, 1.807) is 25.3 Å². The lowest BCUT2D eigenvalue weighted by molar-refractivity contribution is -0.133. The average Bonchev–Trinajstić information content (AvgIpc) is 3.15. The quantitative estimate of drug-likeness (QED) is 0.894. The molecule has 2 aromatic rings. The fraction of sp³-hybridized carbons (Fsp3) is 0.579. The lowest BCUT2D eigenvalue weighted by Gasteiger charge is -2.28. The van der Waals surface area contributed by atoms with Gasteiger partial charge in [0, 0.05) is 20.6 Å². The van der Waals surface area contributed by atoms with Crippen LogP contribution in [0.4, 0.5) is 0 Å². The third-order valence-electron chi connectivity index (χ3n) is 5.18. The van der Waals surface area contributed by atoms with Gasteiger partial charge in [-0.1, -0.05) is 0 Å². The van der Waals surface area contributed by atoms with Crippen LogP contribution in [-0.2, 0) is 11.3 Å². The number of hydrogen-bond acceptors (Lipinski definition) is 4. The number of fused-ring (bicyclic) bond motifs is 1. The Morgan fingerprint density at radius 2 is 2.04 bits per heavy atom. The molecule has 0 bridgehead atoms. The van der Waals surface area contributed by atoms with E-state index in [2.05, 4.69) is 35.9 Å². The summed E-state index contributed by atoms with van der Waals surface area (Å²) in [6.07, 6.45) is 3.13. The van der Waals surface area contributed by atoms with E-state index < -0.39 is 6.10 Å². The maximum Gasteiger partial charge on any atom is 0.239 e. The SMILES string of the molecule is Cc1cc2ncn(CC(O)CN3CCCC3C(=O)N(C)C)c2cc1C. The zero-order valence-electron chi connectivity index (χ0n) is 15.6. The number of hydrogen-bond donors (Lipinski definition) is 1. The fourth-order valence-corrected chi connectivity index (χ4v) is 3.64. The third-order valence-corrected chi connectivity index (χ3v) is 5.18. The van der Waals surface area contributed by atoms with Gasteiger partial charge in [-0.05, 0) is 56.5 Å². The number of carbonyl (C=O) groups is 1. The number of likely N-dealkylation sites (N-methyl/N-ethyl adjacent to an activating group) is 1. The largest absolute Gasteiger partial charge is 0.390 e. The highest BCUT2D eigenvalue weighted by Gasteiger charge is 2.32. The number of rotatable bonds is 5. The van der Waals surface area contributed by atoms with Crippen molar-refractivity contribution in [1.82, 2.24) is 19.4 Å². The molecular formula is C19H28N4O2. The number of amides is 1. The lowest BCUT2D eigenvalue weighted by Crippen LogP contribution is -2.46. The van der Waals surface area contributed by atoms with Crippen molar-refractivity contribution in [2.24, 2.45) is 0 Å². The first-order chi connectivity index (χ1) is 11.9. The van der Waals surface area contributed by atoms with E-state index in [0.29, 0.717) is 13.1 Å². The Kier molecular flexibility index (Phi) is 5.11. The second-order valence-electron chi connectivity index (χ2n) is 7.36. The molecule has 2 unspecified atom stereocenters. The summed E-state index contributed by atoms with van der Waals surface area (Å²) >= 11 is 0. The van der Waals surface area contributed by atoms with Crippen molar-refractivity contribution in [3.63, 3.8) is 0 Å². The van der Waals surface area contributed by atoms with Crippen molar-refractivity contribution in [3.8, 4) is 0 Å². The van der Waals surface area contributed by atoms with Crippen molar-refractivity contribution in [2.75, 3.05) is 27.2 Å². The first-order valence-corrected chi connectivity index (χ1v) is 8.92. The topological polar surface area (TPSA) is 61.6 Å². The van der Waals surface area contributed by atoms with Crippen LogP contribution in [0, 0.1) is 13.8 Å². The molecule has 0 saturated carbocycles. The summed E-state index contributed by atoms with van der Waals surface area (Å²) < 4.78 is 2.01. The summed E-state index contributed by atoms with van der Waals surface area (Å²) in [5.41, 5.74) is 4.45. The smallest absolute Gasteiger partial charge is 0.239 e. The minimum Gasteiger partial charge on any atom is -0.390 e. The van der Waals surface area contributed by atoms with E-state index in [0.717, 1.165) is 30.4 Å². The normalized spacial score (nSPS) is 19.5. The number of benzene rings is 1. The Morgan fingerprint density at radius 1 is 1.32 bits per heavy atom. The summed E-state index contributed by atoms with van der Waals surface area (Å²) in [7, 11) is 3.58. The minimum absolute atomic E-state index is 0.103. The number of β-amino-alcohol motifs (C(OH)–C–C–N with tert-alkyl or cyclic N) is 1. The van der Waals surface area contributed by atoms with Crippen molar-refractivity contribution in [2.45, 2.75) is 45.4 Å². The van der Waals surface area contributed by atoms with Crippen LogP contribution in [-0.4, -0.2) is 69.7 Å². The van der Waals surface area contributed by atoms with Gasteiger partial charge in [0.05, 0.1) is 36.1 Å². The molecule has 6 heteroatoms. The molecule has 1 saturated heterocycles. The zero-order valence-corrected chi connectivity index (χ0v) is 15.6. The maximum atomic E-state index is 12.3. The molecule has 0 spiro atoms. The molecule has 2 heterocycles. The predicted octanol–water partition coefficient (Wildman–Crippen LogP) is 1.57. The van der Waals surface area contributed by atoms with Gasteiger partial charge in [0.25, 0.3) is 0 Å². The highest BCUT2D eigenvalue weighted by molar-refractivity contribution is 5.81. The Hall–Kier alpha value is -1.92. The van der Waals surface area contributed by atoms with Crippen LogP contribution in [0.5, 0.6) is 0 Å². The fourth-order valence-electron chi connectivity index (χ4n) is 3.64. The van der Waals surface area contributed by atoms with Gasteiger partial charge < -0.3 is 14.6 Å². The molecule has 1 aliphatic heterocycles. The number of likely N-dealkylation sites (tertiary alicyclic amines) is 1. The molecule has 1 aromatic heterocycles. The highest BCUT2D eigenvalue weighted by Crippen LogP contribution is 2.21. The van der Waals surface area contributed by atoms with E-state index >= 15 is 0 Å². The lowest BCUT2D eigenvalue weighted by atomic mass is 10.1. The van der Waals surface area contributed by atoms with Gasteiger partial charge in [-0.25, -0.2) is 4.98 Å². The van der Waals surface area contributed by atoms with Crippen LogP contribution < -0.4 is 0 Å². The molecule has 3 rings (SSSR count). The van der Waals surface area contributed by atoms with Gasteiger partial charge in [0.1, 0.15) is 0 Å². The minimum atomic E-state index is -0.533. The van der Waals surface area contributed by atoms with E-state index in [-0.39, 0.29) is 11.9 Å². The molecule has 2 atom stereocenters. The van der Waals surface area contributed by atoms with Crippen LogP contribution in [0.1, 0.15) is 24.0 Å². The van der Waals surface area contributed by atoms with Crippen molar-refractivity contribution >= 4 is 16.9 Å². The number of aliphatic hydroxyl groups excluding tert-OH is 1. The molecule has 1 fully saturated rings. The molecule has 0 aliphatic carbocycles. The van der Waals surface area contributed by atoms with Crippen LogP contribution in [0.3, 0.4) is 0 Å². The van der Waals surface area contributed by atoms with Gasteiger partial charge in [0.15, 0.2) is 0 Å². The summed E-state index contributed by atoms with van der Waals surface area (Å²) in [5, 5.41) is 10.6. The first-order valence-electron chi connectivity index (χ1n) is 8.92. The molecule has 25 heavy (non-hydrogen) atoms. The van der Waals surface area contributed by atoms with Crippen LogP contribution in [0.2, 0.25) is 0 Å². The number of aromatic nitrogens is 2. The Bertz CT molecular complexity index is 768. The maximum absolute atomic E-state index is 12.3. The van der Waals surface area contributed by atoms with Crippen LogP contribution in [0.25, 0.3) is 11.0 Å². The number of nitrogens with zero attached hydrogens (tertiary/aromatic N) is 4. The van der Waals surface area contributed by atoms with E-state index in [9.17, 15) is 9.90 Å². The van der Waals surface area contributed by atoms with Crippen molar-refractivity contribution in [1.29, 1.82) is 0 Å². The molecule has 1 amide bonds. The third kappa shape index (κ3) is 3.70. The summed E-state index contributed by atoms with van der Waals surface area (Å²) in [5.74, 6) is 0.129. The Labute approximate surface area is 149 Å². The van der Waals surface area contributed by atoms with E-state index in [1.807, 2.05) is 4.57 Å². The summed E-state index contributed by atoms with van der Waals surface area (Å²) in [6.45, 7) is 6.03. The molecular weight excluding hydrogens is 316 g/mol. The molecule has 136 valence electrons. The van der Waals surface area contributed by atoms with E-state index in [4.69, 9.17) is 0 Å². The highest BCUT2D eigenvalue weighted by atomic mass is 16.3. The molecule has 1 aromatic carbocycles. The zero-order chi connectivity index (χ0) is 18.1. The number of carbonyl (C=O) groups excluding carboxylic acids is 1. The van der Waals surface area contributed by atoms with Gasteiger partial charge in [0.2, 0.25) is 5.91 Å². The Balaban J connectivity index is 1.69. The monoisotopic (exact) mass is 344 g/mol. The van der Waals surface area contributed by atoms with Gasteiger partial charge >= 0.3 is 0 Å². The van der Waals surface area contributed by atoms with Crippen molar-refractivity contribution in [3.05, 3.63) is 29.6 Å².